The zero-order chi connectivity index (χ0) is 15.8. The number of rotatable bonds is 3. The maximum atomic E-state index is 11.6. The second kappa shape index (κ2) is 8.50. The van der Waals surface area contributed by atoms with Gasteiger partial charge in [0.1, 0.15) is 5.60 Å². The molecule has 1 heterocycles. The molecule has 1 amide bonds. The van der Waals surface area contributed by atoms with E-state index in [2.05, 4.69) is 24.1 Å². The summed E-state index contributed by atoms with van der Waals surface area (Å²) in [7, 11) is 0. The van der Waals surface area contributed by atoms with Gasteiger partial charge in [-0.25, -0.2) is 4.79 Å². The Balaban J connectivity index is 0.00000172. The SMILES string of the molecule is CC.CCN1CCC(C)(CNC(=O)OC(C)(C)C)CC1. The van der Waals surface area contributed by atoms with Crippen LogP contribution in [0.5, 0.6) is 0 Å². The van der Waals surface area contributed by atoms with Crippen molar-refractivity contribution in [3.8, 4) is 0 Å². The summed E-state index contributed by atoms with van der Waals surface area (Å²) >= 11 is 0. The quantitative estimate of drug-likeness (QED) is 0.861. The fourth-order valence-electron chi connectivity index (χ4n) is 2.19. The highest BCUT2D eigenvalue weighted by Gasteiger charge is 2.30. The lowest BCUT2D eigenvalue weighted by Crippen LogP contribution is -2.45. The van der Waals surface area contributed by atoms with Crippen LogP contribution < -0.4 is 5.32 Å². The maximum Gasteiger partial charge on any atom is 0.407 e. The summed E-state index contributed by atoms with van der Waals surface area (Å²) in [6, 6.07) is 0. The monoisotopic (exact) mass is 286 g/mol. The summed E-state index contributed by atoms with van der Waals surface area (Å²) in [4.78, 5) is 14.1. The molecule has 0 atom stereocenters. The van der Waals surface area contributed by atoms with Crippen molar-refractivity contribution in [2.75, 3.05) is 26.2 Å². The normalized spacial score (nSPS) is 18.8. The smallest absolute Gasteiger partial charge is 0.407 e. The number of piperidine rings is 1. The van der Waals surface area contributed by atoms with Gasteiger partial charge < -0.3 is 15.0 Å². The van der Waals surface area contributed by atoms with Gasteiger partial charge in [-0.2, -0.15) is 0 Å². The van der Waals surface area contributed by atoms with E-state index < -0.39 is 5.60 Å². The summed E-state index contributed by atoms with van der Waals surface area (Å²) in [6.07, 6.45) is 1.97. The van der Waals surface area contributed by atoms with Crippen molar-refractivity contribution >= 4 is 6.09 Å². The summed E-state index contributed by atoms with van der Waals surface area (Å²) in [6.45, 7) is 18.2. The summed E-state index contributed by atoms with van der Waals surface area (Å²) in [5.41, 5.74) is -0.209. The predicted molar refractivity (Wildman–Crippen MR) is 85.0 cm³/mol. The number of hydrogen-bond donors (Lipinski definition) is 1. The van der Waals surface area contributed by atoms with Gasteiger partial charge in [0.25, 0.3) is 0 Å². The second-order valence-corrected chi connectivity index (χ2v) is 6.60. The van der Waals surface area contributed by atoms with Gasteiger partial charge in [0.15, 0.2) is 0 Å². The number of hydrogen-bond acceptors (Lipinski definition) is 3. The Morgan fingerprint density at radius 3 is 2.15 bits per heavy atom. The van der Waals surface area contributed by atoms with E-state index in [4.69, 9.17) is 4.74 Å². The Morgan fingerprint density at radius 1 is 1.25 bits per heavy atom. The molecule has 1 saturated heterocycles. The van der Waals surface area contributed by atoms with Crippen LogP contribution in [-0.2, 0) is 4.74 Å². The van der Waals surface area contributed by atoms with Gasteiger partial charge in [0.2, 0.25) is 0 Å². The summed E-state index contributed by atoms with van der Waals surface area (Å²) in [5.74, 6) is 0. The van der Waals surface area contributed by atoms with Crippen molar-refractivity contribution in [2.24, 2.45) is 5.41 Å². The highest BCUT2D eigenvalue weighted by molar-refractivity contribution is 5.67. The number of carbonyl (C=O) groups is 1. The molecule has 0 aromatic carbocycles. The minimum atomic E-state index is -0.420. The summed E-state index contributed by atoms with van der Waals surface area (Å²) < 4.78 is 5.26. The molecule has 0 aromatic heterocycles. The Kier molecular flexibility index (Phi) is 8.17. The second-order valence-electron chi connectivity index (χ2n) is 6.60. The van der Waals surface area contributed by atoms with Gasteiger partial charge in [0.05, 0.1) is 0 Å². The third kappa shape index (κ3) is 7.73. The molecule has 1 rings (SSSR count). The van der Waals surface area contributed by atoms with Crippen LogP contribution in [-0.4, -0.2) is 42.8 Å². The third-order valence-corrected chi connectivity index (χ3v) is 3.57. The zero-order valence-corrected chi connectivity index (χ0v) is 14.5. The van der Waals surface area contributed by atoms with Crippen LogP contribution in [0.2, 0.25) is 0 Å². The maximum absolute atomic E-state index is 11.6. The van der Waals surface area contributed by atoms with Crippen LogP contribution >= 0.6 is 0 Å². The average Bonchev–Trinajstić information content (AvgIpc) is 2.38. The number of amides is 1. The molecule has 1 N–H and O–H groups in total. The van der Waals surface area contributed by atoms with Crippen LogP contribution in [0.4, 0.5) is 4.79 Å². The van der Waals surface area contributed by atoms with E-state index >= 15 is 0 Å². The molecule has 0 spiro atoms. The first-order chi connectivity index (χ1) is 9.24. The van der Waals surface area contributed by atoms with Gasteiger partial charge in [-0.3, -0.25) is 0 Å². The van der Waals surface area contributed by atoms with Gasteiger partial charge in [-0.15, -0.1) is 0 Å². The zero-order valence-electron chi connectivity index (χ0n) is 14.5. The van der Waals surface area contributed by atoms with Gasteiger partial charge in [-0.1, -0.05) is 27.7 Å². The standard InChI is InChI=1S/C14H28N2O2.C2H6/c1-6-16-9-7-14(5,8-10-16)11-15-12(17)18-13(2,3)4;1-2/h6-11H2,1-5H3,(H,15,17);1-2H3. The number of ether oxygens (including phenoxy) is 1. The summed E-state index contributed by atoms with van der Waals surface area (Å²) in [5, 5.41) is 2.90. The number of alkyl carbamates (subject to hydrolysis) is 1. The molecule has 1 aliphatic rings. The Labute approximate surface area is 125 Å². The van der Waals surface area contributed by atoms with Crippen molar-refractivity contribution in [1.29, 1.82) is 0 Å². The Bertz CT molecular complexity index is 277. The van der Waals surface area contributed by atoms with Gasteiger partial charge >= 0.3 is 6.09 Å². The van der Waals surface area contributed by atoms with Crippen LogP contribution in [0.15, 0.2) is 0 Å². The van der Waals surface area contributed by atoms with Crippen LogP contribution in [0.25, 0.3) is 0 Å². The largest absolute Gasteiger partial charge is 0.444 e. The van der Waals surface area contributed by atoms with Gasteiger partial charge in [0, 0.05) is 6.54 Å². The third-order valence-electron chi connectivity index (χ3n) is 3.57. The number of likely N-dealkylation sites (tertiary alicyclic amines) is 1. The molecule has 120 valence electrons. The van der Waals surface area contributed by atoms with E-state index in [0.717, 1.165) is 32.5 Å². The predicted octanol–water partition coefficient (Wildman–Crippen LogP) is 3.66. The molecule has 0 aromatic rings. The van der Waals surface area contributed by atoms with Crippen molar-refractivity contribution in [3.05, 3.63) is 0 Å². The van der Waals surface area contributed by atoms with Crippen LogP contribution in [0.3, 0.4) is 0 Å². The average molecular weight is 286 g/mol. The van der Waals surface area contributed by atoms with Gasteiger partial charge in [-0.05, 0) is 58.7 Å². The highest BCUT2D eigenvalue weighted by Crippen LogP contribution is 2.29. The highest BCUT2D eigenvalue weighted by atomic mass is 16.6. The first kappa shape index (κ1) is 19.2. The molecule has 0 radical (unpaired) electrons. The molecule has 0 bridgehead atoms. The minimum Gasteiger partial charge on any atom is -0.444 e. The van der Waals surface area contributed by atoms with Crippen LogP contribution in [0, 0.1) is 5.41 Å². The van der Waals surface area contributed by atoms with Crippen LogP contribution in [0.1, 0.15) is 61.3 Å². The van der Waals surface area contributed by atoms with Crippen molar-refractivity contribution in [2.45, 2.75) is 66.9 Å². The lowest BCUT2D eigenvalue weighted by molar-refractivity contribution is 0.0469. The minimum absolute atomic E-state index is 0.211. The number of nitrogens with one attached hydrogen (secondary N) is 1. The molecule has 4 nitrogen and oxygen atoms in total. The lowest BCUT2D eigenvalue weighted by atomic mass is 9.80. The Hall–Kier alpha value is -0.770. The molecule has 20 heavy (non-hydrogen) atoms. The number of nitrogens with zero attached hydrogens (tertiary/aromatic N) is 1. The first-order valence-electron chi connectivity index (χ1n) is 7.93. The van der Waals surface area contributed by atoms with Crippen molar-refractivity contribution in [3.63, 3.8) is 0 Å². The molecule has 4 heteroatoms. The lowest BCUT2D eigenvalue weighted by Gasteiger charge is -2.39. The fourth-order valence-corrected chi connectivity index (χ4v) is 2.19. The van der Waals surface area contributed by atoms with E-state index in [1.807, 2.05) is 34.6 Å². The number of carbonyl (C=O) groups excluding carboxylic acids is 1. The van der Waals surface area contributed by atoms with Crippen molar-refractivity contribution < 1.29 is 9.53 Å². The fraction of sp³-hybridized carbons (Fsp3) is 0.938. The van der Waals surface area contributed by atoms with E-state index in [1.54, 1.807) is 0 Å². The first-order valence-corrected chi connectivity index (χ1v) is 7.93. The van der Waals surface area contributed by atoms with Crippen molar-refractivity contribution in [1.82, 2.24) is 10.2 Å². The van der Waals surface area contributed by atoms with E-state index in [0.29, 0.717) is 6.54 Å². The molecular formula is C16H34N2O2. The topological polar surface area (TPSA) is 41.6 Å². The Morgan fingerprint density at radius 2 is 1.75 bits per heavy atom. The molecule has 1 fully saturated rings. The molecule has 1 aliphatic heterocycles. The molecule has 0 aliphatic carbocycles. The van der Waals surface area contributed by atoms with E-state index in [1.165, 1.54) is 0 Å². The molecule has 0 unspecified atom stereocenters. The molecular weight excluding hydrogens is 252 g/mol. The van der Waals surface area contributed by atoms with E-state index in [-0.39, 0.29) is 11.5 Å². The molecule has 0 saturated carbocycles. The van der Waals surface area contributed by atoms with E-state index in [9.17, 15) is 4.79 Å².